The molecule has 11 heteroatoms. The molecule has 0 saturated heterocycles. The molecule has 2 N–H and O–H groups in total. The second kappa shape index (κ2) is 8.46. The van der Waals surface area contributed by atoms with Crippen molar-refractivity contribution >= 4 is 27.7 Å². The smallest absolute Gasteiger partial charge is 0.227 e. The lowest BCUT2D eigenvalue weighted by atomic mass is 10.3. The molecular weight excluding hydrogens is 428 g/mol. The van der Waals surface area contributed by atoms with Crippen LogP contribution in [0.15, 0.2) is 78.6 Å². The van der Waals surface area contributed by atoms with Crippen molar-refractivity contribution < 1.29 is 8.76 Å². The number of hydrogen-bond acceptors (Lipinski definition) is 8. The van der Waals surface area contributed by atoms with Gasteiger partial charge in [-0.15, -0.1) is 4.31 Å². The number of anilines is 3. The first-order valence-corrected chi connectivity index (χ1v) is 11.4. The summed E-state index contributed by atoms with van der Waals surface area (Å²) in [6.07, 6.45) is 9.90. The van der Waals surface area contributed by atoms with Crippen molar-refractivity contribution in [2.75, 3.05) is 23.7 Å². The monoisotopic (exact) mass is 448 g/mol. The Morgan fingerprint density at radius 3 is 2.72 bits per heavy atom. The zero-order chi connectivity index (χ0) is 22.0. The lowest BCUT2D eigenvalue weighted by molar-refractivity contribution is 0.357. The maximum absolute atomic E-state index is 13.0. The van der Waals surface area contributed by atoms with Gasteiger partial charge in [-0.25, -0.2) is 15.0 Å². The third-order valence-electron chi connectivity index (χ3n) is 5.07. The number of nitrogens with one attached hydrogen (secondary N) is 2. The quantitative estimate of drug-likeness (QED) is 0.447. The molecule has 10 nitrogen and oxygen atoms in total. The van der Waals surface area contributed by atoms with Crippen LogP contribution in [0.2, 0.25) is 0 Å². The Balaban J connectivity index is 1.36. The first kappa shape index (κ1) is 20.2. The van der Waals surface area contributed by atoms with Crippen LogP contribution in [0, 0.1) is 0 Å². The zero-order valence-electron chi connectivity index (χ0n) is 17.0. The van der Waals surface area contributed by atoms with Crippen molar-refractivity contribution in [1.82, 2.24) is 28.8 Å². The van der Waals surface area contributed by atoms with Crippen LogP contribution in [-0.4, -0.2) is 46.5 Å². The molecule has 1 aliphatic rings. The SMILES string of the molecule is O=[S+]([O-])(c1cccnc1)N1CCNc2cnc(Nc3ccc(-n4ccnc4)cc3)nc2C1. The molecule has 162 valence electrons. The van der Waals surface area contributed by atoms with Crippen molar-refractivity contribution in [3.63, 3.8) is 0 Å². The summed E-state index contributed by atoms with van der Waals surface area (Å²) < 4.78 is 29.4. The Labute approximate surface area is 185 Å². The molecule has 3 aromatic heterocycles. The van der Waals surface area contributed by atoms with E-state index >= 15 is 0 Å². The van der Waals surface area contributed by atoms with Crippen LogP contribution in [0.25, 0.3) is 5.69 Å². The Bertz CT molecular complexity index is 1250. The van der Waals surface area contributed by atoms with Crippen molar-refractivity contribution in [3.05, 3.63) is 79.4 Å². The highest BCUT2D eigenvalue weighted by Crippen LogP contribution is 2.27. The minimum absolute atomic E-state index is 0.135. The van der Waals surface area contributed by atoms with Gasteiger partial charge in [0.05, 0.1) is 43.2 Å². The van der Waals surface area contributed by atoms with E-state index in [1.54, 1.807) is 37.1 Å². The highest BCUT2D eigenvalue weighted by atomic mass is 32.3. The average molecular weight is 449 g/mol. The summed E-state index contributed by atoms with van der Waals surface area (Å²) in [6, 6.07) is 10.9. The Morgan fingerprint density at radius 2 is 1.97 bits per heavy atom. The maximum Gasteiger partial charge on any atom is 0.227 e. The van der Waals surface area contributed by atoms with Crippen LogP contribution in [0.3, 0.4) is 0 Å². The maximum atomic E-state index is 13.0. The van der Waals surface area contributed by atoms with E-state index in [2.05, 4.69) is 30.6 Å². The summed E-state index contributed by atoms with van der Waals surface area (Å²) >= 11 is 0. The molecule has 0 amide bonds. The molecular formula is C21H20N8O2S. The summed E-state index contributed by atoms with van der Waals surface area (Å²) in [5, 5.41) is 6.39. The molecule has 1 unspecified atom stereocenters. The van der Waals surface area contributed by atoms with E-state index in [0.29, 0.717) is 24.7 Å². The highest BCUT2D eigenvalue weighted by molar-refractivity contribution is 7.95. The molecule has 4 aromatic rings. The van der Waals surface area contributed by atoms with Crippen molar-refractivity contribution in [3.8, 4) is 5.69 Å². The second-order valence-electron chi connectivity index (χ2n) is 7.15. The van der Waals surface area contributed by atoms with Gasteiger partial charge in [-0.1, -0.05) is 4.21 Å². The minimum Gasteiger partial charge on any atom is -0.593 e. The van der Waals surface area contributed by atoms with Crippen molar-refractivity contribution in [2.45, 2.75) is 11.4 Å². The summed E-state index contributed by atoms with van der Waals surface area (Å²) in [5.41, 5.74) is 3.11. The van der Waals surface area contributed by atoms with Crippen molar-refractivity contribution in [2.24, 2.45) is 0 Å². The van der Waals surface area contributed by atoms with Gasteiger partial charge in [-0.2, -0.15) is 0 Å². The number of fused-ring (bicyclic) bond motifs is 1. The molecule has 0 saturated carbocycles. The largest absolute Gasteiger partial charge is 0.593 e. The molecule has 0 aliphatic carbocycles. The molecule has 0 bridgehead atoms. The standard InChI is InChI=1S/C21H20N8O2S/c30-32(31,18-2-1-7-22-12-18)29-11-9-24-19-13-25-21(27-20(19)14-29)26-16-3-5-17(6-4-16)28-10-8-23-15-28/h1-8,10,12-13,15,24H,9,11,14H2,(H-,25,26,27,30,31). The highest BCUT2D eigenvalue weighted by Gasteiger charge is 2.33. The zero-order valence-corrected chi connectivity index (χ0v) is 17.8. The molecule has 32 heavy (non-hydrogen) atoms. The Morgan fingerprint density at radius 1 is 1.09 bits per heavy atom. The molecule has 4 heterocycles. The second-order valence-corrected chi connectivity index (χ2v) is 9.09. The van der Waals surface area contributed by atoms with Crippen molar-refractivity contribution in [1.29, 1.82) is 0 Å². The first-order valence-electron chi connectivity index (χ1n) is 9.95. The van der Waals surface area contributed by atoms with Crippen LogP contribution < -0.4 is 10.6 Å². The number of aromatic nitrogens is 5. The van der Waals surface area contributed by atoms with Gasteiger partial charge in [-0.05, 0) is 36.4 Å². The van der Waals surface area contributed by atoms with E-state index in [1.165, 1.54) is 10.5 Å². The molecule has 1 atom stereocenters. The number of sulfonamides is 1. The van der Waals surface area contributed by atoms with Gasteiger partial charge in [0.1, 0.15) is 0 Å². The number of imidazole rings is 1. The van der Waals surface area contributed by atoms with Gasteiger partial charge in [0.15, 0.2) is 15.3 Å². The topological polar surface area (TPSA) is 124 Å². The summed E-state index contributed by atoms with van der Waals surface area (Å²) in [4.78, 5) is 17.1. The normalized spacial score (nSPS) is 15.8. The molecule has 0 radical (unpaired) electrons. The number of nitrogens with zero attached hydrogens (tertiary/aromatic N) is 6. The third-order valence-corrected chi connectivity index (χ3v) is 6.90. The predicted molar refractivity (Wildman–Crippen MR) is 119 cm³/mol. The van der Waals surface area contributed by atoms with Gasteiger partial charge in [-0.3, -0.25) is 4.98 Å². The number of pyridine rings is 1. The fraction of sp³-hybridized carbons (Fsp3) is 0.143. The minimum atomic E-state index is -3.68. The predicted octanol–water partition coefficient (Wildman–Crippen LogP) is 2.63. The van der Waals surface area contributed by atoms with E-state index in [-0.39, 0.29) is 11.4 Å². The lowest BCUT2D eigenvalue weighted by Gasteiger charge is -2.25. The summed E-state index contributed by atoms with van der Waals surface area (Å²) in [5.74, 6) is 0.390. The van der Waals surface area contributed by atoms with Crippen LogP contribution >= 0.6 is 0 Å². The van der Waals surface area contributed by atoms with E-state index < -0.39 is 10.4 Å². The van der Waals surface area contributed by atoms with Crippen LogP contribution in [0.5, 0.6) is 0 Å². The van der Waals surface area contributed by atoms with Gasteiger partial charge in [0.2, 0.25) is 5.95 Å². The van der Waals surface area contributed by atoms with E-state index in [9.17, 15) is 8.76 Å². The fourth-order valence-corrected chi connectivity index (χ4v) is 4.79. The Hall–Kier alpha value is -3.67. The summed E-state index contributed by atoms with van der Waals surface area (Å²) in [6.45, 7) is 0.904. The molecule has 1 aromatic carbocycles. The number of benzene rings is 1. The summed E-state index contributed by atoms with van der Waals surface area (Å²) in [7, 11) is -3.68. The van der Waals surface area contributed by atoms with Gasteiger partial charge >= 0.3 is 0 Å². The van der Waals surface area contributed by atoms with Gasteiger partial charge < -0.3 is 19.8 Å². The van der Waals surface area contributed by atoms with Gasteiger partial charge in [0, 0.05) is 36.5 Å². The molecule has 1 aliphatic heterocycles. The third kappa shape index (κ3) is 4.08. The van der Waals surface area contributed by atoms with E-state index in [1.807, 2.05) is 35.0 Å². The van der Waals surface area contributed by atoms with E-state index in [4.69, 9.17) is 0 Å². The first-order chi connectivity index (χ1) is 15.6. The number of hydrogen-bond donors (Lipinski definition) is 2. The Kier molecular flexibility index (Phi) is 5.35. The lowest BCUT2D eigenvalue weighted by Crippen LogP contribution is -2.37. The average Bonchev–Trinajstić information content (AvgIpc) is 3.27. The van der Waals surface area contributed by atoms with Crippen LogP contribution in [0.1, 0.15) is 5.69 Å². The molecule has 0 spiro atoms. The molecule has 0 fully saturated rings. The van der Waals surface area contributed by atoms with Crippen LogP contribution in [-0.2, 0) is 21.2 Å². The molecule has 5 rings (SSSR count). The van der Waals surface area contributed by atoms with Gasteiger partial charge in [0.25, 0.3) is 0 Å². The fourth-order valence-electron chi connectivity index (χ4n) is 3.42. The number of rotatable bonds is 5. The van der Waals surface area contributed by atoms with E-state index in [0.717, 1.165) is 17.1 Å². The van der Waals surface area contributed by atoms with Crippen LogP contribution in [0.4, 0.5) is 17.3 Å².